The number of fused-ring (bicyclic) bond motifs is 7. The molecule has 2 aromatic heterocycles. The van der Waals surface area contributed by atoms with E-state index in [1.54, 1.807) is 0 Å². The molecule has 2 nitrogen and oxygen atoms in total. The van der Waals surface area contributed by atoms with Crippen molar-refractivity contribution in [3.63, 3.8) is 0 Å². The van der Waals surface area contributed by atoms with Crippen molar-refractivity contribution >= 4 is 81.1 Å². The van der Waals surface area contributed by atoms with Gasteiger partial charge in [0.2, 0.25) is 0 Å². The van der Waals surface area contributed by atoms with Crippen LogP contribution in [-0.2, 0) is 0 Å². The molecule has 11 rings (SSSR count). The average molecular weight is 719 g/mol. The van der Waals surface area contributed by atoms with Crippen molar-refractivity contribution < 1.29 is 0 Å². The summed E-state index contributed by atoms with van der Waals surface area (Å²) in [5.41, 5.74) is 11.7. The monoisotopic (exact) mass is 718 g/mol. The molecule has 3 heteroatoms. The van der Waals surface area contributed by atoms with Crippen LogP contribution in [0.5, 0.6) is 0 Å². The van der Waals surface area contributed by atoms with E-state index in [0.717, 1.165) is 22.7 Å². The summed E-state index contributed by atoms with van der Waals surface area (Å²) >= 11 is 1.86. The molecule has 9 aromatic carbocycles. The van der Waals surface area contributed by atoms with Gasteiger partial charge in [-0.05, 0) is 87.6 Å². The van der Waals surface area contributed by atoms with Crippen LogP contribution >= 0.6 is 11.3 Å². The second-order valence-corrected chi connectivity index (χ2v) is 15.2. The van der Waals surface area contributed by atoms with E-state index in [1.165, 1.54) is 75.0 Å². The number of nitrogens with zero attached hydrogens (tertiary/aromatic N) is 2. The third-order valence-corrected chi connectivity index (χ3v) is 12.1. The molecule has 11 aromatic rings. The predicted molar refractivity (Wildman–Crippen MR) is 237 cm³/mol. The maximum absolute atomic E-state index is 2.49. The maximum Gasteiger partial charge on any atom is 0.0702 e. The first kappa shape index (κ1) is 31.6. The zero-order valence-electron chi connectivity index (χ0n) is 29.9. The van der Waals surface area contributed by atoms with Crippen LogP contribution < -0.4 is 4.90 Å². The van der Waals surface area contributed by atoms with Crippen LogP contribution in [0.15, 0.2) is 206 Å². The van der Waals surface area contributed by atoms with Crippen LogP contribution in [0.25, 0.3) is 80.7 Å². The first-order chi connectivity index (χ1) is 27.3. The summed E-state index contributed by atoms with van der Waals surface area (Å²) in [6.07, 6.45) is 0. The van der Waals surface area contributed by atoms with Crippen molar-refractivity contribution in [3.05, 3.63) is 206 Å². The Morgan fingerprint density at radius 3 is 1.73 bits per heavy atom. The van der Waals surface area contributed by atoms with Crippen molar-refractivity contribution in [1.29, 1.82) is 0 Å². The standard InChI is InChI=1S/C52H34N2S/c1-2-16-35(17-3-1)39-25-13-18-36-19-14-26-40(51(36)39)37-20-12-21-38(34-37)53(48-31-15-33-50-52(48)43-24-6-11-32-49(43)55-50)46-29-9-10-30-47(46)54-44-27-7-4-22-41(44)42-23-5-8-28-45(42)54/h1-34H. The molecule has 0 spiro atoms. The lowest BCUT2D eigenvalue weighted by Gasteiger charge is -2.29. The van der Waals surface area contributed by atoms with Gasteiger partial charge in [-0.2, -0.15) is 0 Å². The van der Waals surface area contributed by atoms with Crippen molar-refractivity contribution in [1.82, 2.24) is 4.57 Å². The Morgan fingerprint density at radius 1 is 0.382 bits per heavy atom. The lowest BCUT2D eigenvalue weighted by Crippen LogP contribution is -2.13. The molecule has 0 saturated heterocycles. The molecule has 258 valence electrons. The van der Waals surface area contributed by atoms with Crippen molar-refractivity contribution in [2.45, 2.75) is 0 Å². The van der Waals surface area contributed by atoms with Gasteiger partial charge in [-0.1, -0.05) is 152 Å². The van der Waals surface area contributed by atoms with Gasteiger partial charge in [-0.3, -0.25) is 0 Å². The van der Waals surface area contributed by atoms with Gasteiger partial charge >= 0.3 is 0 Å². The van der Waals surface area contributed by atoms with Gasteiger partial charge in [0.15, 0.2) is 0 Å². The number of hydrogen-bond acceptors (Lipinski definition) is 2. The molecule has 0 radical (unpaired) electrons. The number of thiophene rings is 1. The number of rotatable bonds is 6. The summed E-state index contributed by atoms with van der Waals surface area (Å²) in [4.78, 5) is 2.49. The highest BCUT2D eigenvalue weighted by Gasteiger charge is 2.23. The quantitative estimate of drug-likeness (QED) is 0.166. The highest BCUT2D eigenvalue weighted by atomic mass is 32.1. The van der Waals surface area contributed by atoms with E-state index >= 15 is 0 Å². The van der Waals surface area contributed by atoms with Crippen LogP contribution in [0, 0.1) is 0 Å². The van der Waals surface area contributed by atoms with Crippen LogP contribution in [0.3, 0.4) is 0 Å². The van der Waals surface area contributed by atoms with Gasteiger partial charge in [0.25, 0.3) is 0 Å². The maximum atomic E-state index is 2.49. The minimum Gasteiger partial charge on any atom is -0.308 e. The Labute approximate surface area is 323 Å². The lowest BCUT2D eigenvalue weighted by atomic mass is 9.91. The van der Waals surface area contributed by atoms with Crippen molar-refractivity contribution in [2.24, 2.45) is 0 Å². The minimum absolute atomic E-state index is 1.10. The lowest BCUT2D eigenvalue weighted by molar-refractivity contribution is 1.15. The molecular formula is C52H34N2S. The fourth-order valence-electron chi connectivity index (χ4n) is 8.63. The van der Waals surface area contributed by atoms with E-state index in [0.29, 0.717) is 0 Å². The smallest absolute Gasteiger partial charge is 0.0702 e. The van der Waals surface area contributed by atoms with Gasteiger partial charge in [-0.25, -0.2) is 0 Å². The van der Waals surface area contributed by atoms with Gasteiger partial charge in [-0.15, -0.1) is 11.3 Å². The molecule has 0 atom stereocenters. The normalized spacial score (nSPS) is 11.6. The largest absolute Gasteiger partial charge is 0.308 e. The Hall–Kier alpha value is -6.94. The molecule has 0 N–H and O–H groups in total. The molecule has 0 fully saturated rings. The topological polar surface area (TPSA) is 8.17 Å². The zero-order valence-corrected chi connectivity index (χ0v) is 30.7. The molecule has 2 heterocycles. The third-order valence-electron chi connectivity index (χ3n) is 11.0. The van der Waals surface area contributed by atoms with Crippen molar-refractivity contribution in [2.75, 3.05) is 4.90 Å². The first-order valence-corrected chi connectivity index (χ1v) is 19.6. The summed E-state index contributed by atoms with van der Waals surface area (Å²) in [6, 6.07) is 75.2. The fraction of sp³-hybridized carbons (Fsp3) is 0. The van der Waals surface area contributed by atoms with E-state index in [9.17, 15) is 0 Å². The Morgan fingerprint density at radius 2 is 0.945 bits per heavy atom. The van der Waals surface area contributed by atoms with Crippen molar-refractivity contribution in [3.8, 4) is 27.9 Å². The van der Waals surface area contributed by atoms with E-state index < -0.39 is 0 Å². The number of aromatic nitrogens is 1. The summed E-state index contributed by atoms with van der Waals surface area (Å²) in [5.74, 6) is 0. The molecule has 0 bridgehead atoms. The van der Waals surface area contributed by atoms with Crippen LogP contribution in [0.4, 0.5) is 17.1 Å². The molecule has 0 saturated carbocycles. The van der Waals surface area contributed by atoms with Gasteiger partial charge < -0.3 is 9.47 Å². The highest BCUT2D eigenvalue weighted by molar-refractivity contribution is 7.26. The predicted octanol–water partition coefficient (Wildman–Crippen LogP) is 15.1. The van der Waals surface area contributed by atoms with Crippen LogP contribution in [0.1, 0.15) is 0 Å². The van der Waals surface area contributed by atoms with E-state index in [4.69, 9.17) is 0 Å². The third kappa shape index (κ3) is 5.09. The molecule has 0 unspecified atom stereocenters. The molecule has 55 heavy (non-hydrogen) atoms. The van der Waals surface area contributed by atoms with Crippen LogP contribution in [-0.4, -0.2) is 4.57 Å². The van der Waals surface area contributed by atoms with Gasteiger partial charge in [0, 0.05) is 36.6 Å². The van der Waals surface area contributed by atoms with Gasteiger partial charge in [0.05, 0.1) is 28.1 Å². The summed E-state index contributed by atoms with van der Waals surface area (Å²) in [6.45, 7) is 0. The number of para-hydroxylation sites is 4. The second-order valence-electron chi connectivity index (χ2n) is 14.1. The molecule has 0 aliphatic heterocycles. The minimum atomic E-state index is 1.10. The molecular weight excluding hydrogens is 685 g/mol. The highest BCUT2D eigenvalue weighted by Crippen LogP contribution is 2.48. The second kappa shape index (κ2) is 12.9. The fourth-order valence-corrected chi connectivity index (χ4v) is 9.75. The Balaban J connectivity index is 1.21. The first-order valence-electron chi connectivity index (χ1n) is 18.8. The van der Waals surface area contributed by atoms with E-state index in [2.05, 4.69) is 216 Å². The Kier molecular flexibility index (Phi) is 7.39. The van der Waals surface area contributed by atoms with E-state index in [-0.39, 0.29) is 0 Å². The summed E-state index contributed by atoms with van der Waals surface area (Å²) in [7, 11) is 0. The summed E-state index contributed by atoms with van der Waals surface area (Å²) in [5, 5.41) is 7.52. The van der Waals surface area contributed by atoms with Crippen LogP contribution in [0.2, 0.25) is 0 Å². The molecule has 0 aliphatic carbocycles. The number of hydrogen-bond donors (Lipinski definition) is 0. The zero-order chi connectivity index (χ0) is 36.3. The summed E-state index contributed by atoms with van der Waals surface area (Å²) < 4.78 is 5.01. The number of benzene rings is 9. The number of anilines is 3. The SMILES string of the molecule is c1ccc(-c2cccc3cccc(-c4cccc(N(c5ccccc5-n5c6ccccc6c6ccccc65)c5cccc6sc7ccccc7c56)c4)c23)cc1. The van der Waals surface area contributed by atoms with E-state index in [1.807, 2.05) is 11.3 Å². The average Bonchev–Trinajstić information content (AvgIpc) is 3.80. The van der Waals surface area contributed by atoms with Gasteiger partial charge in [0.1, 0.15) is 0 Å². The molecule has 0 amide bonds. The molecule has 0 aliphatic rings. The Bertz CT molecular complexity index is 3170.